The zero-order valence-corrected chi connectivity index (χ0v) is 18.1. The highest BCUT2D eigenvalue weighted by molar-refractivity contribution is 7.17. The van der Waals surface area contributed by atoms with Gasteiger partial charge < -0.3 is 15.2 Å². The SMILES string of the molecule is Cc1cc(NC2CCCN(C3CCOCC3)C2)nnc1-c1ccc2sccc2c1O. The largest absolute Gasteiger partial charge is 0.507 e. The fourth-order valence-electron chi connectivity index (χ4n) is 4.76. The van der Waals surface area contributed by atoms with E-state index in [1.54, 1.807) is 11.3 Å². The minimum absolute atomic E-state index is 0.284. The highest BCUT2D eigenvalue weighted by atomic mass is 32.1. The molecule has 2 saturated heterocycles. The van der Waals surface area contributed by atoms with Gasteiger partial charge >= 0.3 is 0 Å². The van der Waals surface area contributed by atoms with Gasteiger partial charge in [-0.3, -0.25) is 4.90 Å². The Labute approximate surface area is 180 Å². The van der Waals surface area contributed by atoms with Crippen molar-refractivity contribution in [3.05, 3.63) is 35.2 Å². The summed E-state index contributed by atoms with van der Waals surface area (Å²) < 4.78 is 6.60. The molecule has 2 N–H and O–H groups in total. The summed E-state index contributed by atoms with van der Waals surface area (Å²) in [5, 5.41) is 26.1. The van der Waals surface area contributed by atoms with Crippen LogP contribution in [0.1, 0.15) is 31.2 Å². The van der Waals surface area contributed by atoms with Gasteiger partial charge in [-0.2, -0.15) is 0 Å². The summed E-state index contributed by atoms with van der Waals surface area (Å²) >= 11 is 1.62. The van der Waals surface area contributed by atoms with E-state index in [1.165, 1.54) is 13.0 Å². The maximum absolute atomic E-state index is 10.7. The molecule has 0 radical (unpaired) electrons. The van der Waals surface area contributed by atoms with Crippen molar-refractivity contribution < 1.29 is 9.84 Å². The van der Waals surface area contributed by atoms with E-state index in [0.717, 1.165) is 71.7 Å². The molecule has 2 aliphatic heterocycles. The maximum Gasteiger partial charge on any atom is 0.149 e. The molecular formula is C23H28N4O2S. The normalized spacial score (nSPS) is 21.2. The maximum atomic E-state index is 10.7. The number of hydrogen-bond donors (Lipinski definition) is 2. The molecule has 158 valence electrons. The number of ether oxygens (including phenoxy) is 1. The van der Waals surface area contributed by atoms with Gasteiger partial charge in [-0.25, -0.2) is 0 Å². The van der Waals surface area contributed by atoms with E-state index in [0.29, 0.717) is 12.1 Å². The van der Waals surface area contributed by atoms with E-state index in [9.17, 15) is 5.11 Å². The molecule has 5 rings (SSSR count). The molecule has 0 spiro atoms. The van der Waals surface area contributed by atoms with Gasteiger partial charge in [0.05, 0.1) is 5.69 Å². The molecule has 2 aliphatic rings. The van der Waals surface area contributed by atoms with Crippen LogP contribution in [0, 0.1) is 6.92 Å². The number of nitrogens with one attached hydrogen (secondary N) is 1. The van der Waals surface area contributed by atoms with Crippen molar-refractivity contribution in [3.8, 4) is 17.0 Å². The Hall–Kier alpha value is -2.22. The first-order valence-electron chi connectivity index (χ1n) is 10.8. The van der Waals surface area contributed by atoms with Gasteiger partial charge in [0, 0.05) is 47.5 Å². The molecule has 3 aromatic rings. The van der Waals surface area contributed by atoms with Gasteiger partial charge in [0.1, 0.15) is 11.6 Å². The second-order valence-corrected chi connectivity index (χ2v) is 9.33. The van der Waals surface area contributed by atoms with Crippen LogP contribution in [-0.4, -0.2) is 58.6 Å². The zero-order chi connectivity index (χ0) is 20.5. The lowest BCUT2D eigenvalue weighted by Crippen LogP contribution is -2.48. The lowest BCUT2D eigenvalue weighted by Gasteiger charge is -2.40. The monoisotopic (exact) mass is 424 g/mol. The Morgan fingerprint density at radius 3 is 2.87 bits per heavy atom. The van der Waals surface area contributed by atoms with Crippen LogP contribution in [0.4, 0.5) is 5.82 Å². The van der Waals surface area contributed by atoms with Crippen LogP contribution < -0.4 is 5.32 Å². The molecule has 2 aromatic heterocycles. The van der Waals surface area contributed by atoms with Gasteiger partial charge in [0.2, 0.25) is 0 Å². The number of phenols is 1. The lowest BCUT2D eigenvalue weighted by molar-refractivity contribution is 0.0255. The predicted octanol–water partition coefficient (Wildman–Crippen LogP) is 4.43. The number of nitrogens with zero attached hydrogens (tertiary/aromatic N) is 3. The average Bonchev–Trinajstić information content (AvgIpc) is 3.25. The van der Waals surface area contributed by atoms with Crippen molar-refractivity contribution in [1.82, 2.24) is 15.1 Å². The summed E-state index contributed by atoms with van der Waals surface area (Å²) in [6.45, 7) is 6.02. The molecule has 0 bridgehead atoms. The van der Waals surface area contributed by atoms with Crippen LogP contribution in [0.2, 0.25) is 0 Å². The first-order chi connectivity index (χ1) is 14.7. The number of rotatable bonds is 4. The quantitative estimate of drug-likeness (QED) is 0.646. The van der Waals surface area contributed by atoms with E-state index in [1.807, 2.05) is 36.6 Å². The van der Waals surface area contributed by atoms with Crippen molar-refractivity contribution in [3.63, 3.8) is 0 Å². The van der Waals surface area contributed by atoms with E-state index in [-0.39, 0.29) is 5.75 Å². The van der Waals surface area contributed by atoms with Gasteiger partial charge in [-0.15, -0.1) is 21.5 Å². The highest BCUT2D eigenvalue weighted by Gasteiger charge is 2.27. The molecule has 4 heterocycles. The van der Waals surface area contributed by atoms with Gasteiger partial charge in [0.15, 0.2) is 0 Å². The van der Waals surface area contributed by atoms with Gasteiger partial charge in [0.25, 0.3) is 0 Å². The molecule has 0 amide bonds. The molecule has 6 nitrogen and oxygen atoms in total. The number of thiophene rings is 1. The minimum Gasteiger partial charge on any atom is -0.507 e. The van der Waals surface area contributed by atoms with Crippen molar-refractivity contribution >= 4 is 27.2 Å². The zero-order valence-electron chi connectivity index (χ0n) is 17.3. The number of phenolic OH excluding ortho intramolecular Hbond substituents is 1. The molecule has 0 aliphatic carbocycles. The number of likely N-dealkylation sites (tertiary alicyclic amines) is 1. The highest BCUT2D eigenvalue weighted by Crippen LogP contribution is 2.38. The van der Waals surface area contributed by atoms with E-state index < -0.39 is 0 Å². The van der Waals surface area contributed by atoms with E-state index >= 15 is 0 Å². The second-order valence-electron chi connectivity index (χ2n) is 8.38. The summed E-state index contributed by atoms with van der Waals surface area (Å²) in [4.78, 5) is 2.62. The predicted molar refractivity (Wildman–Crippen MR) is 121 cm³/mol. The lowest BCUT2D eigenvalue weighted by atomic mass is 10.00. The van der Waals surface area contributed by atoms with Crippen LogP contribution in [0.25, 0.3) is 21.3 Å². The number of piperidine rings is 1. The summed E-state index contributed by atoms with van der Waals surface area (Å²) in [5.74, 6) is 1.09. The van der Waals surface area contributed by atoms with E-state index in [4.69, 9.17) is 4.74 Å². The minimum atomic E-state index is 0.284. The van der Waals surface area contributed by atoms with Crippen LogP contribution in [-0.2, 0) is 4.74 Å². The third kappa shape index (κ3) is 3.89. The Morgan fingerprint density at radius 1 is 1.17 bits per heavy atom. The molecule has 30 heavy (non-hydrogen) atoms. The van der Waals surface area contributed by atoms with Crippen molar-refractivity contribution in [2.45, 2.75) is 44.7 Å². The smallest absolute Gasteiger partial charge is 0.149 e. The van der Waals surface area contributed by atoms with Crippen molar-refractivity contribution in [2.75, 3.05) is 31.6 Å². The number of aryl methyl sites for hydroxylation is 1. The van der Waals surface area contributed by atoms with Crippen LogP contribution in [0.15, 0.2) is 29.6 Å². The van der Waals surface area contributed by atoms with Crippen LogP contribution >= 0.6 is 11.3 Å². The third-order valence-electron chi connectivity index (χ3n) is 6.36. The van der Waals surface area contributed by atoms with Gasteiger partial charge in [-0.05, 0) is 74.4 Å². The topological polar surface area (TPSA) is 70.5 Å². The number of fused-ring (bicyclic) bond motifs is 1. The summed E-state index contributed by atoms with van der Waals surface area (Å²) in [6.07, 6.45) is 4.63. The number of benzene rings is 1. The first-order valence-corrected chi connectivity index (χ1v) is 11.7. The van der Waals surface area contributed by atoms with E-state index in [2.05, 4.69) is 20.4 Å². The molecule has 1 aromatic carbocycles. The van der Waals surface area contributed by atoms with Crippen molar-refractivity contribution in [2.24, 2.45) is 0 Å². The summed E-state index contributed by atoms with van der Waals surface area (Å²) in [6, 6.07) is 9.00. The Kier molecular flexibility index (Phi) is 5.58. The molecule has 1 unspecified atom stereocenters. The number of aromatic hydroxyl groups is 1. The Bertz CT molecular complexity index is 1030. The van der Waals surface area contributed by atoms with Crippen LogP contribution in [0.5, 0.6) is 5.75 Å². The first kappa shape index (κ1) is 19.7. The third-order valence-corrected chi connectivity index (χ3v) is 7.24. The summed E-state index contributed by atoms with van der Waals surface area (Å²) in [5.41, 5.74) is 2.48. The molecule has 1 atom stereocenters. The molecular weight excluding hydrogens is 396 g/mol. The Morgan fingerprint density at radius 2 is 2.03 bits per heavy atom. The molecule has 2 fully saturated rings. The number of hydrogen-bond acceptors (Lipinski definition) is 7. The van der Waals surface area contributed by atoms with Crippen molar-refractivity contribution in [1.29, 1.82) is 0 Å². The van der Waals surface area contributed by atoms with Crippen LogP contribution in [0.3, 0.4) is 0 Å². The fraction of sp³-hybridized carbons (Fsp3) is 0.478. The molecule has 7 heteroatoms. The number of anilines is 1. The Balaban J connectivity index is 1.31. The summed E-state index contributed by atoms with van der Waals surface area (Å²) in [7, 11) is 0. The number of aromatic nitrogens is 2. The second kappa shape index (κ2) is 8.49. The van der Waals surface area contributed by atoms with Gasteiger partial charge in [-0.1, -0.05) is 0 Å². The fourth-order valence-corrected chi connectivity index (χ4v) is 5.55. The molecule has 0 saturated carbocycles. The average molecular weight is 425 g/mol. The standard InChI is InChI=1S/C23H28N4O2S/c1-15-13-21(24-16-3-2-9-27(14-16)17-6-10-29-11-7-17)25-26-22(15)19-4-5-20-18(23(19)28)8-12-30-20/h4-5,8,12-13,16-17,28H,2-3,6-7,9-11,14H2,1H3,(H,24,25).